The summed E-state index contributed by atoms with van der Waals surface area (Å²) in [7, 11) is -2.12. The minimum Gasteiger partial charge on any atom is -0.332 e. The number of anilines is 2. The van der Waals surface area contributed by atoms with E-state index < -0.39 is 10.0 Å². The number of benzene rings is 2. The Kier molecular flexibility index (Phi) is 5.07. The van der Waals surface area contributed by atoms with E-state index in [4.69, 9.17) is 12.2 Å². The zero-order chi connectivity index (χ0) is 16.2. The van der Waals surface area contributed by atoms with Gasteiger partial charge in [0.2, 0.25) is 10.0 Å². The van der Waals surface area contributed by atoms with Crippen molar-refractivity contribution < 1.29 is 12.8 Å². The number of sulfonamides is 1. The van der Waals surface area contributed by atoms with Crippen molar-refractivity contribution in [1.82, 2.24) is 4.72 Å². The van der Waals surface area contributed by atoms with Crippen LogP contribution in [0.3, 0.4) is 0 Å². The summed E-state index contributed by atoms with van der Waals surface area (Å²) in [4.78, 5) is 0.157. The van der Waals surface area contributed by atoms with Crippen molar-refractivity contribution in [2.75, 3.05) is 17.7 Å². The molecule has 0 aliphatic carbocycles. The lowest BCUT2D eigenvalue weighted by atomic mass is 10.3. The lowest BCUT2D eigenvalue weighted by Crippen LogP contribution is -2.20. The lowest BCUT2D eigenvalue weighted by Gasteiger charge is -2.11. The molecular formula is C14H14FN3O2S2. The van der Waals surface area contributed by atoms with E-state index >= 15 is 0 Å². The van der Waals surface area contributed by atoms with E-state index in [1.54, 1.807) is 24.3 Å². The number of nitrogens with one attached hydrogen (secondary N) is 3. The van der Waals surface area contributed by atoms with E-state index in [2.05, 4.69) is 15.4 Å². The number of thiocarbonyl (C=S) groups is 1. The molecule has 0 spiro atoms. The van der Waals surface area contributed by atoms with Crippen molar-refractivity contribution in [2.24, 2.45) is 0 Å². The van der Waals surface area contributed by atoms with Crippen molar-refractivity contribution >= 4 is 38.7 Å². The maximum atomic E-state index is 13.1. The molecule has 2 rings (SSSR count). The third-order valence-corrected chi connectivity index (χ3v) is 4.41. The molecule has 0 bridgehead atoms. The molecule has 0 fully saturated rings. The molecule has 0 radical (unpaired) electrons. The smallest absolute Gasteiger partial charge is 0.240 e. The van der Waals surface area contributed by atoms with Crippen molar-refractivity contribution in [3.63, 3.8) is 0 Å². The Morgan fingerprint density at radius 1 is 1.05 bits per heavy atom. The zero-order valence-corrected chi connectivity index (χ0v) is 13.3. The van der Waals surface area contributed by atoms with Crippen LogP contribution >= 0.6 is 12.2 Å². The van der Waals surface area contributed by atoms with Crippen LogP contribution in [0.1, 0.15) is 0 Å². The second kappa shape index (κ2) is 6.82. The van der Waals surface area contributed by atoms with Gasteiger partial charge in [0.15, 0.2) is 5.11 Å². The molecule has 2 aromatic carbocycles. The largest absolute Gasteiger partial charge is 0.332 e. The lowest BCUT2D eigenvalue weighted by molar-refractivity contribution is 0.588. The van der Waals surface area contributed by atoms with E-state index in [9.17, 15) is 12.8 Å². The highest BCUT2D eigenvalue weighted by molar-refractivity contribution is 7.89. The van der Waals surface area contributed by atoms with Gasteiger partial charge in [-0.15, -0.1) is 0 Å². The maximum Gasteiger partial charge on any atom is 0.240 e. The molecule has 0 saturated heterocycles. The summed E-state index contributed by atoms with van der Waals surface area (Å²) in [6.07, 6.45) is 0. The Hall–Kier alpha value is -2.03. The van der Waals surface area contributed by atoms with E-state index in [-0.39, 0.29) is 15.8 Å². The first kappa shape index (κ1) is 16.3. The van der Waals surface area contributed by atoms with Gasteiger partial charge in [0.05, 0.1) is 4.90 Å². The molecule has 116 valence electrons. The second-order valence-corrected chi connectivity index (χ2v) is 6.62. The summed E-state index contributed by atoms with van der Waals surface area (Å²) < 4.78 is 38.5. The second-order valence-electron chi connectivity index (χ2n) is 4.32. The van der Waals surface area contributed by atoms with Crippen molar-refractivity contribution in [2.45, 2.75) is 4.90 Å². The van der Waals surface area contributed by atoms with Crippen LogP contribution in [0.15, 0.2) is 53.4 Å². The molecule has 0 aliphatic rings. The predicted molar refractivity (Wildman–Crippen MR) is 88.9 cm³/mol. The molecule has 0 heterocycles. The van der Waals surface area contributed by atoms with E-state index in [0.29, 0.717) is 11.4 Å². The normalized spacial score (nSPS) is 11.0. The standard InChI is InChI=1S/C14H14FN3O2S2/c1-16-22(19,20)13-7-5-11(6-8-13)17-14(21)18-12-4-2-3-10(15)9-12/h2-9,16H,1H3,(H2,17,18,21). The van der Waals surface area contributed by atoms with Crippen LogP contribution in [0, 0.1) is 5.82 Å². The van der Waals surface area contributed by atoms with E-state index in [1.165, 1.54) is 31.3 Å². The Morgan fingerprint density at radius 2 is 1.68 bits per heavy atom. The van der Waals surface area contributed by atoms with E-state index in [0.717, 1.165) is 0 Å². The van der Waals surface area contributed by atoms with Gasteiger partial charge >= 0.3 is 0 Å². The summed E-state index contributed by atoms with van der Waals surface area (Å²) in [5.74, 6) is -0.366. The first-order valence-corrected chi connectivity index (χ1v) is 8.17. The van der Waals surface area contributed by atoms with Gasteiger partial charge in [-0.3, -0.25) is 0 Å². The van der Waals surface area contributed by atoms with Gasteiger partial charge in [-0.1, -0.05) is 6.07 Å². The first-order chi connectivity index (χ1) is 10.4. The van der Waals surface area contributed by atoms with E-state index in [1.807, 2.05) is 0 Å². The first-order valence-electron chi connectivity index (χ1n) is 6.28. The summed E-state index contributed by atoms with van der Waals surface area (Å²) in [5.41, 5.74) is 1.14. The molecule has 22 heavy (non-hydrogen) atoms. The number of hydrogen-bond donors (Lipinski definition) is 3. The molecule has 0 atom stereocenters. The predicted octanol–water partition coefficient (Wildman–Crippen LogP) is 2.54. The molecule has 0 amide bonds. The van der Waals surface area contributed by atoms with Gasteiger partial charge < -0.3 is 10.6 Å². The highest BCUT2D eigenvalue weighted by atomic mass is 32.2. The summed E-state index contributed by atoms with van der Waals surface area (Å²) in [6, 6.07) is 12.0. The van der Waals surface area contributed by atoms with Crippen molar-refractivity contribution in [3.05, 3.63) is 54.3 Å². The average molecular weight is 339 g/mol. The van der Waals surface area contributed by atoms with Gasteiger partial charge in [-0.2, -0.15) is 0 Å². The number of halogens is 1. The Balaban J connectivity index is 2.03. The van der Waals surface area contributed by atoms with Crippen LogP contribution in [0.4, 0.5) is 15.8 Å². The molecule has 0 unspecified atom stereocenters. The van der Waals surface area contributed by atoms with Crippen LogP contribution in [-0.2, 0) is 10.0 Å². The molecular weight excluding hydrogens is 325 g/mol. The minimum absolute atomic E-state index is 0.157. The summed E-state index contributed by atoms with van der Waals surface area (Å²) in [5, 5.41) is 6.00. The fourth-order valence-electron chi connectivity index (χ4n) is 1.69. The van der Waals surface area contributed by atoms with Crippen LogP contribution in [0.25, 0.3) is 0 Å². The molecule has 2 aromatic rings. The molecule has 0 saturated carbocycles. The van der Waals surface area contributed by atoms with Crippen LogP contribution < -0.4 is 15.4 Å². The third kappa shape index (κ3) is 4.23. The van der Waals surface area contributed by atoms with Crippen LogP contribution in [-0.4, -0.2) is 20.6 Å². The third-order valence-electron chi connectivity index (χ3n) is 2.77. The number of hydrogen-bond acceptors (Lipinski definition) is 3. The SMILES string of the molecule is CNS(=O)(=O)c1ccc(NC(=S)Nc2cccc(F)c2)cc1. The van der Waals surface area contributed by atoms with Gasteiger partial charge in [-0.25, -0.2) is 17.5 Å². The fourth-order valence-corrected chi connectivity index (χ4v) is 2.66. The molecule has 3 N–H and O–H groups in total. The fraction of sp³-hybridized carbons (Fsp3) is 0.0714. The van der Waals surface area contributed by atoms with Crippen LogP contribution in [0.5, 0.6) is 0 Å². The molecule has 0 aliphatic heterocycles. The molecule has 5 nitrogen and oxygen atoms in total. The highest BCUT2D eigenvalue weighted by Gasteiger charge is 2.10. The van der Waals surface area contributed by atoms with Crippen LogP contribution in [0.2, 0.25) is 0 Å². The summed E-state index contributed by atoms with van der Waals surface area (Å²) in [6.45, 7) is 0. The Labute approximate surface area is 133 Å². The van der Waals surface area contributed by atoms with Crippen molar-refractivity contribution in [3.8, 4) is 0 Å². The monoisotopic (exact) mass is 339 g/mol. The van der Waals surface area contributed by atoms with Gasteiger partial charge in [-0.05, 0) is 61.7 Å². The number of rotatable bonds is 4. The molecule has 8 heteroatoms. The topological polar surface area (TPSA) is 70.2 Å². The van der Waals surface area contributed by atoms with Gasteiger partial charge in [0.1, 0.15) is 5.82 Å². The van der Waals surface area contributed by atoms with Gasteiger partial charge in [0, 0.05) is 11.4 Å². The van der Waals surface area contributed by atoms with Gasteiger partial charge in [0.25, 0.3) is 0 Å². The minimum atomic E-state index is -3.46. The zero-order valence-electron chi connectivity index (χ0n) is 11.6. The highest BCUT2D eigenvalue weighted by Crippen LogP contribution is 2.15. The summed E-state index contributed by atoms with van der Waals surface area (Å²) >= 11 is 5.12. The quantitative estimate of drug-likeness (QED) is 0.747. The Bertz CT molecular complexity index is 777. The molecule has 0 aromatic heterocycles. The van der Waals surface area contributed by atoms with Crippen molar-refractivity contribution in [1.29, 1.82) is 0 Å². The Morgan fingerprint density at radius 3 is 2.27 bits per heavy atom. The average Bonchev–Trinajstić information content (AvgIpc) is 2.47. The maximum absolute atomic E-state index is 13.1.